The number of hydrogen-bond donors (Lipinski definition) is 2. The van der Waals surface area contributed by atoms with Gasteiger partial charge in [0.2, 0.25) is 0 Å². The van der Waals surface area contributed by atoms with Crippen LogP contribution in [0.4, 0.5) is 10.2 Å². The number of nitrogens with one attached hydrogen (secondary N) is 1. The molecule has 3 aromatic carbocycles. The van der Waals surface area contributed by atoms with Gasteiger partial charge in [-0.3, -0.25) is 0 Å². The Balaban J connectivity index is 1.61. The van der Waals surface area contributed by atoms with Crippen molar-refractivity contribution in [3.8, 4) is 22.9 Å². The maximum Gasteiger partial charge on any atom is 0.319 e. The van der Waals surface area contributed by atoms with E-state index in [0.717, 1.165) is 63.0 Å². The van der Waals surface area contributed by atoms with Crippen LogP contribution in [-0.4, -0.2) is 72.4 Å². The van der Waals surface area contributed by atoms with Crippen LogP contribution in [0.25, 0.3) is 32.8 Å². The Morgan fingerprint density at radius 3 is 2.61 bits per heavy atom. The van der Waals surface area contributed by atoms with Gasteiger partial charge in [0, 0.05) is 43.7 Å². The van der Waals surface area contributed by atoms with Crippen molar-refractivity contribution < 1.29 is 14.2 Å². The van der Waals surface area contributed by atoms with Crippen molar-refractivity contribution in [1.29, 1.82) is 0 Å². The molecule has 1 aliphatic rings. The molecule has 7 nitrogen and oxygen atoms in total. The maximum absolute atomic E-state index is 16.4. The van der Waals surface area contributed by atoms with E-state index in [0.29, 0.717) is 23.4 Å². The van der Waals surface area contributed by atoms with Gasteiger partial charge in [-0.15, -0.1) is 0 Å². The summed E-state index contributed by atoms with van der Waals surface area (Å²) in [6.45, 7) is 10.6. The fourth-order valence-electron chi connectivity index (χ4n) is 5.08. The second-order valence-electron chi connectivity index (χ2n) is 9.45. The molecule has 0 bridgehead atoms. The van der Waals surface area contributed by atoms with Gasteiger partial charge in [-0.05, 0) is 54.0 Å². The molecule has 38 heavy (non-hydrogen) atoms. The number of aromatic hydroxyl groups is 1. The predicted molar refractivity (Wildman–Crippen MR) is 152 cm³/mol. The summed E-state index contributed by atoms with van der Waals surface area (Å²) in [4.78, 5) is 13.7. The molecule has 1 fully saturated rings. The number of piperazine rings is 1. The molecule has 200 valence electrons. The molecule has 5 rings (SSSR count). The lowest BCUT2D eigenvalue weighted by Crippen LogP contribution is -2.44. The van der Waals surface area contributed by atoms with E-state index < -0.39 is 5.82 Å². The molecule has 1 saturated heterocycles. The molecule has 1 aromatic heterocycles. The van der Waals surface area contributed by atoms with Crippen molar-refractivity contribution in [2.24, 2.45) is 0 Å². The van der Waals surface area contributed by atoms with Crippen LogP contribution in [0.15, 0.2) is 42.5 Å². The Bertz CT molecular complexity index is 1440. The monoisotopic (exact) mass is 537 g/mol. The van der Waals surface area contributed by atoms with E-state index in [1.807, 2.05) is 24.3 Å². The predicted octanol–water partition coefficient (Wildman–Crippen LogP) is 5.47. The van der Waals surface area contributed by atoms with Crippen LogP contribution >= 0.6 is 11.6 Å². The lowest BCUT2D eigenvalue weighted by molar-refractivity contribution is 0.239. The Hall–Kier alpha value is -3.20. The molecule has 0 aliphatic carbocycles. The molecule has 2 heterocycles. The third kappa shape index (κ3) is 5.34. The van der Waals surface area contributed by atoms with Crippen LogP contribution in [0, 0.1) is 5.82 Å². The molecule has 0 saturated carbocycles. The Kier molecular flexibility index (Phi) is 8.12. The largest absolute Gasteiger partial charge is 0.508 e. The lowest BCUT2D eigenvalue weighted by atomic mass is 9.96. The Morgan fingerprint density at radius 1 is 1.08 bits per heavy atom. The average Bonchev–Trinajstić information content (AvgIpc) is 2.93. The highest BCUT2D eigenvalue weighted by Gasteiger charge is 2.24. The van der Waals surface area contributed by atoms with Gasteiger partial charge in [0.25, 0.3) is 0 Å². The molecule has 0 amide bonds. The van der Waals surface area contributed by atoms with Gasteiger partial charge < -0.3 is 25.0 Å². The molecule has 2 N–H and O–H groups in total. The zero-order chi connectivity index (χ0) is 26.6. The summed E-state index contributed by atoms with van der Waals surface area (Å²) in [6.07, 6.45) is 0.815. The average molecular weight is 538 g/mol. The summed E-state index contributed by atoms with van der Waals surface area (Å²) in [5, 5.41) is 16.1. The third-order valence-corrected chi connectivity index (χ3v) is 7.42. The molecule has 9 heteroatoms. The van der Waals surface area contributed by atoms with Crippen LogP contribution in [0.1, 0.15) is 20.3 Å². The molecular weight excluding hydrogens is 505 g/mol. The summed E-state index contributed by atoms with van der Waals surface area (Å²) in [5.41, 5.74) is 0.858. The third-order valence-electron chi connectivity index (χ3n) is 7.12. The molecule has 1 aliphatic heterocycles. The van der Waals surface area contributed by atoms with Crippen LogP contribution in [0.5, 0.6) is 11.8 Å². The van der Waals surface area contributed by atoms with E-state index in [9.17, 15) is 5.11 Å². The van der Waals surface area contributed by atoms with Crippen LogP contribution in [0.2, 0.25) is 5.02 Å². The van der Waals surface area contributed by atoms with Gasteiger partial charge in [-0.2, -0.15) is 9.97 Å². The highest BCUT2D eigenvalue weighted by molar-refractivity contribution is 6.35. The molecule has 0 radical (unpaired) electrons. The number of benzene rings is 3. The second-order valence-corrected chi connectivity index (χ2v) is 9.86. The first-order valence-electron chi connectivity index (χ1n) is 13.2. The number of hydrogen-bond acceptors (Lipinski definition) is 7. The van der Waals surface area contributed by atoms with E-state index in [-0.39, 0.29) is 27.9 Å². The quantitative estimate of drug-likeness (QED) is 0.274. The van der Waals surface area contributed by atoms with Crippen molar-refractivity contribution in [2.45, 2.75) is 20.3 Å². The van der Waals surface area contributed by atoms with Crippen LogP contribution in [0.3, 0.4) is 0 Å². The summed E-state index contributed by atoms with van der Waals surface area (Å²) in [7, 11) is 0. The smallest absolute Gasteiger partial charge is 0.319 e. The number of phenolic OH excluding ortho intramolecular Hbond substituents is 1. The number of rotatable bonds is 9. The number of nitrogens with zero attached hydrogens (tertiary/aromatic N) is 4. The zero-order valence-corrected chi connectivity index (χ0v) is 22.6. The van der Waals surface area contributed by atoms with E-state index in [1.54, 1.807) is 18.2 Å². The first kappa shape index (κ1) is 26.4. The normalized spacial score (nSPS) is 14.1. The first-order valence-corrected chi connectivity index (χ1v) is 13.6. The molecular formula is C29H33ClFN5O2. The fraction of sp³-hybridized carbons (Fsp3) is 0.379. The van der Waals surface area contributed by atoms with Crippen molar-refractivity contribution in [3.05, 3.63) is 53.3 Å². The Morgan fingerprint density at radius 2 is 1.84 bits per heavy atom. The second kappa shape index (κ2) is 11.7. The molecule has 4 aromatic rings. The summed E-state index contributed by atoms with van der Waals surface area (Å²) in [6, 6.07) is 12.6. The van der Waals surface area contributed by atoms with Gasteiger partial charge in [0.05, 0.1) is 11.6 Å². The van der Waals surface area contributed by atoms with Crippen molar-refractivity contribution in [3.63, 3.8) is 0 Å². The number of ether oxygens (including phenoxy) is 1. The fourth-order valence-corrected chi connectivity index (χ4v) is 5.38. The van der Waals surface area contributed by atoms with Crippen LogP contribution in [-0.2, 0) is 0 Å². The topological polar surface area (TPSA) is 73.8 Å². The first-order chi connectivity index (χ1) is 18.5. The minimum absolute atomic E-state index is 0.0377. The standard InChI is InChI=1S/C29H33ClFN5O2/c1-3-35(4-2)12-7-15-38-29-33-27-23(28(34-29)36-13-10-32-11-14-36)18-24(30)25(26(27)31)22-17-20(37)16-19-8-5-6-9-21(19)22/h5-6,8-9,16-18,32,37H,3-4,7,10-15H2,1-2H3. The van der Waals surface area contributed by atoms with E-state index in [4.69, 9.17) is 21.3 Å². The summed E-state index contributed by atoms with van der Waals surface area (Å²) in [5.74, 6) is 0.0917. The minimum Gasteiger partial charge on any atom is -0.508 e. The number of phenols is 1. The number of anilines is 1. The minimum atomic E-state index is -0.560. The lowest BCUT2D eigenvalue weighted by Gasteiger charge is -2.29. The maximum atomic E-state index is 16.4. The van der Waals surface area contributed by atoms with Gasteiger partial charge in [-0.1, -0.05) is 49.7 Å². The highest BCUT2D eigenvalue weighted by Crippen LogP contribution is 2.42. The van der Waals surface area contributed by atoms with Gasteiger partial charge in [0.15, 0.2) is 5.82 Å². The van der Waals surface area contributed by atoms with Crippen LogP contribution < -0.4 is 15.0 Å². The highest BCUT2D eigenvalue weighted by atomic mass is 35.5. The van der Waals surface area contributed by atoms with Gasteiger partial charge in [0.1, 0.15) is 17.1 Å². The van der Waals surface area contributed by atoms with Crippen molar-refractivity contribution in [1.82, 2.24) is 20.2 Å². The van der Waals surface area contributed by atoms with Crippen molar-refractivity contribution in [2.75, 3.05) is 57.3 Å². The van der Waals surface area contributed by atoms with Gasteiger partial charge in [-0.25, -0.2) is 4.39 Å². The van der Waals surface area contributed by atoms with Gasteiger partial charge >= 0.3 is 6.01 Å². The number of aromatic nitrogens is 2. The zero-order valence-electron chi connectivity index (χ0n) is 21.8. The molecule has 0 unspecified atom stereocenters. The number of halogens is 2. The Labute approximate surface area is 227 Å². The summed E-state index contributed by atoms with van der Waals surface area (Å²) >= 11 is 6.76. The summed E-state index contributed by atoms with van der Waals surface area (Å²) < 4.78 is 22.4. The van der Waals surface area contributed by atoms with Crippen molar-refractivity contribution >= 4 is 39.1 Å². The molecule has 0 atom stereocenters. The number of fused-ring (bicyclic) bond motifs is 2. The van der Waals surface area contributed by atoms with E-state index in [2.05, 4.69) is 33.9 Å². The SMILES string of the molecule is CCN(CC)CCCOc1nc(N2CCNCC2)c2cc(Cl)c(-c3cc(O)cc4ccccc34)c(F)c2n1. The van der Waals surface area contributed by atoms with E-state index >= 15 is 4.39 Å². The van der Waals surface area contributed by atoms with E-state index in [1.165, 1.54) is 0 Å². The molecule has 0 spiro atoms.